The Labute approximate surface area is 102 Å². The highest BCUT2D eigenvalue weighted by Crippen LogP contribution is 2.25. The predicted molar refractivity (Wildman–Crippen MR) is 66.4 cm³/mol. The molecule has 1 unspecified atom stereocenters. The summed E-state index contributed by atoms with van der Waals surface area (Å²) in [6.45, 7) is 0. The lowest BCUT2D eigenvalue weighted by Crippen LogP contribution is -2.00. The quantitative estimate of drug-likeness (QED) is 0.643. The van der Waals surface area contributed by atoms with Crippen molar-refractivity contribution in [2.24, 2.45) is 0 Å². The van der Waals surface area contributed by atoms with Crippen LogP contribution in [0.3, 0.4) is 0 Å². The molecule has 4 nitrogen and oxygen atoms in total. The minimum atomic E-state index is -0.505. The van der Waals surface area contributed by atoms with Gasteiger partial charge in [-0.15, -0.1) is 10.2 Å². The number of aliphatic hydroxyl groups excluding tert-OH is 1. The molecule has 0 bridgehead atoms. The number of anilines is 1. The number of hydrogen-bond donors (Lipinski definition) is 2. The lowest BCUT2D eigenvalue weighted by Gasteiger charge is -2.09. The SMILES string of the molecule is Nc1ccc(C(O)CSc2nncs2)cc1. The molecular weight excluding hydrogens is 242 g/mol. The van der Waals surface area contributed by atoms with E-state index in [1.54, 1.807) is 17.6 Å². The zero-order chi connectivity index (χ0) is 11.4. The summed E-state index contributed by atoms with van der Waals surface area (Å²) in [7, 11) is 0. The third-order valence-corrected chi connectivity index (χ3v) is 3.96. The van der Waals surface area contributed by atoms with E-state index in [1.807, 2.05) is 12.1 Å². The summed E-state index contributed by atoms with van der Waals surface area (Å²) in [4.78, 5) is 0. The molecule has 0 amide bonds. The molecule has 1 heterocycles. The number of nitrogens with two attached hydrogens (primary N) is 1. The number of rotatable bonds is 4. The van der Waals surface area contributed by atoms with Crippen molar-refractivity contribution in [1.82, 2.24) is 10.2 Å². The fourth-order valence-corrected chi connectivity index (χ4v) is 2.67. The van der Waals surface area contributed by atoms with Gasteiger partial charge in [0.2, 0.25) is 0 Å². The molecule has 0 spiro atoms. The van der Waals surface area contributed by atoms with Crippen molar-refractivity contribution in [3.05, 3.63) is 35.3 Å². The standard InChI is InChI=1S/C10H11N3OS2/c11-8-3-1-7(2-4-8)9(14)5-15-10-13-12-6-16-10/h1-4,6,9,14H,5,11H2. The number of nitrogens with zero attached hydrogens (tertiary/aromatic N) is 2. The summed E-state index contributed by atoms with van der Waals surface area (Å²) in [5.41, 5.74) is 8.82. The zero-order valence-corrected chi connectivity index (χ0v) is 10.0. The third kappa shape index (κ3) is 2.94. The smallest absolute Gasteiger partial charge is 0.174 e. The largest absolute Gasteiger partial charge is 0.399 e. The first-order chi connectivity index (χ1) is 7.75. The van der Waals surface area contributed by atoms with Gasteiger partial charge in [-0.05, 0) is 17.7 Å². The van der Waals surface area contributed by atoms with Gasteiger partial charge in [0.1, 0.15) is 5.51 Å². The van der Waals surface area contributed by atoms with Crippen LogP contribution in [0.4, 0.5) is 5.69 Å². The number of thioether (sulfide) groups is 1. The van der Waals surface area contributed by atoms with Gasteiger partial charge in [0.05, 0.1) is 6.10 Å². The summed E-state index contributed by atoms with van der Waals surface area (Å²) in [5.74, 6) is 0.569. The van der Waals surface area contributed by atoms with Gasteiger partial charge in [0.25, 0.3) is 0 Å². The summed E-state index contributed by atoms with van der Waals surface area (Å²) in [6.07, 6.45) is -0.505. The van der Waals surface area contributed by atoms with Crippen molar-refractivity contribution in [2.75, 3.05) is 11.5 Å². The number of hydrogen-bond acceptors (Lipinski definition) is 6. The van der Waals surface area contributed by atoms with E-state index in [0.717, 1.165) is 9.90 Å². The summed E-state index contributed by atoms with van der Waals surface area (Å²) in [5, 5.41) is 17.5. The molecule has 2 rings (SSSR count). The van der Waals surface area contributed by atoms with Crippen LogP contribution in [0, 0.1) is 0 Å². The van der Waals surface area contributed by atoms with Crippen molar-refractivity contribution < 1.29 is 5.11 Å². The van der Waals surface area contributed by atoms with Gasteiger partial charge >= 0.3 is 0 Å². The first-order valence-electron chi connectivity index (χ1n) is 4.68. The molecule has 0 saturated carbocycles. The Morgan fingerprint density at radius 1 is 1.38 bits per heavy atom. The van der Waals surface area contributed by atoms with Crippen LogP contribution in [-0.2, 0) is 0 Å². The number of benzene rings is 1. The number of nitrogen functional groups attached to an aromatic ring is 1. The lowest BCUT2D eigenvalue weighted by atomic mass is 10.1. The van der Waals surface area contributed by atoms with Crippen LogP contribution in [0.15, 0.2) is 34.1 Å². The molecule has 0 saturated heterocycles. The van der Waals surface area contributed by atoms with Gasteiger partial charge in [-0.25, -0.2) is 0 Å². The second-order valence-corrected chi connectivity index (χ2v) is 5.30. The Hall–Kier alpha value is -1.11. The molecule has 0 fully saturated rings. The Balaban J connectivity index is 1.93. The normalized spacial score (nSPS) is 12.6. The molecule has 84 valence electrons. The molecule has 0 aliphatic carbocycles. The Kier molecular flexibility index (Phi) is 3.76. The minimum absolute atomic E-state index is 0.505. The van der Waals surface area contributed by atoms with Crippen LogP contribution in [0.1, 0.15) is 11.7 Å². The van der Waals surface area contributed by atoms with Crippen molar-refractivity contribution in [1.29, 1.82) is 0 Å². The molecule has 0 aliphatic rings. The van der Waals surface area contributed by atoms with Crippen LogP contribution in [-0.4, -0.2) is 21.1 Å². The van der Waals surface area contributed by atoms with Crippen LogP contribution in [0.2, 0.25) is 0 Å². The highest BCUT2D eigenvalue weighted by atomic mass is 32.2. The van der Waals surface area contributed by atoms with E-state index in [0.29, 0.717) is 11.4 Å². The van der Waals surface area contributed by atoms with Crippen molar-refractivity contribution in [3.63, 3.8) is 0 Å². The van der Waals surface area contributed by atoms with Crippen molar-refractivity contribution in [2.45, 2.75) is 10.4 Å². The second-order valence-electron chi connectivity index (χ2n) is 3.20. The molecule has 0 aliphatic heterocycles. The maximum Gasteiger partial charge on any atom is 0.174 e. The van der Waals surface area contributed by atoms with Crippen LogP contribution in [0.5, 0.6) is 0 Å². The van der Waals surface area contributed by atoms with Gasteiger partial charge in [0.15, 0.2) is 4.34 Å². The molecule has 1 aromatic heterocycles. The van der Waals surface area contributed by atoms with E-state index in [2.05, 4.69) is 10.2 Å². The van der Waals surface area contributed by atoms with E-state index >= 15 is 0 Å². The number of aliphatic hydroxyl groups is 1. The average molecular weight is 253 g/mol. The van der Waals surface area contributed by atoms with Crippen LogP contribution in [0.25, 0.3) is 0 Å². The maximum absolute atomic E-state index is 9.91. The van der Waals surface area contributed by atoms with Gasteiger partial charge in [-0.2, -0.15) is 0 Å². The molecule has 1 aromatic carbocycles. The molecule has 0 radical (unpaired) electrons. The predicted octanol–water partition coefficient (Wildman–Crippen LogP) is 1.95. The van der Waals surface area contributed by atoms with Crippen LogP contribution >= 0.6 is 23.1 Å². The van der Waals surface area contributed by atoms with E-state index in [-0.39, 0.29) is 0 Å². The average Bonchev–Trinajstić information content (AvgIpc) is 2.80. The van der Waals surface area contributed by atoms with E-state index < -0.39 is 6.10 Å². The van der Waals surface area contributed by atoms with Crippen molar-refractivity contribution >= 4 is 28.8 Å². The Bertz CT molecular complexity index is 430. The highest BCUT2D eigenvalue weighted by molar-refractivity contribution is 8.01. The van der Waals surface area contributed by atoms with E-state index in [4.69, 9.17) is 5.73 Å². The summed E-state index contributed by atoms with van der Waals surface area (Å²) >= 11 is 2.97. The molecule has 3 N–H and O–H groups in total. The highest BCUT2D eigenvalue weighted by Gasteiger charge is 2.09. The van der Waals surface area contributed by atoms with Crippen molar-refractivity contribution in [3.8, 4) is 0 Å². The number of aromatic nitrogens is 2. The van der Waals surface area contributed by atoms with Gasteiger partial charge in [-0.3, -0.25) is 0 Å². The zero-order valence-electron chi connectivity index (χ0n) is 8.41. The molecule has 6 heteroatoms. The van der Waals surface area contributed by atoms with Gasteiger partial charge in [-0.1, -0.05) is 35.2 Å². The second kappa shape index (κ2) is 5.29. The fourth-order valence-electron chi connectivity index (χ4n) is 1.19. The first kappa shape index (κ1) is 11.4. The third-order valence-electron chi connectivity index (χ3n) is 2.03. The maximum atomic E-state index is 9.91. The topological polar surface area (TPSA) is 72.0 Å². The monoisotopic (exact) mass is 253 g/mol. The Morgan fingerprint density at radius 3 is 2.75 bits per heavy atom. The molecular formula is C10H11N3OS2. The fraction of sp³-hybridized carbons (Fsp3) is 0.200. The van der Waals surface area contributed by atoms with Gasteiger partial charge in [0, 0.05) is 11.4 Å². The minimum Gasteiger partial charge on any atom is -0.399 e. The molecule has 16 heavy (non-hydrogen) atoms. The molecule has 2 aromatic rings. The van der Waals surface area contributed by atoms with Crippen LogP contribution < -0.4 is 5.73 Å². The Morgan fingerprint density at radius 2 is 2.12 bits per heavy atom. The van der Waals surface area contributed by atoms with E-state index in [1.165, 1.54) is 23.1 Å². The first-order valence-corrected chi connectivity index (χ1v) is 6.54. The summed E-state index contributed by atoms with van der Waals surface area (Å²) < 4.78 is 0.870. The van der Waals surface area contributed by atoms with E-state index in [9.17, 15) is 5.11 Å². The summed E-state index contributed by atoms with van der Waals surface area (Å²) in [6, 6.07) is 7.24. The lowest BCUT2D eigenvalue weighted by molar-refractivity contribution is 0.204. The molecule has 1 atom stereocenters. The van der Waals surface area contributed by atoms with Gasteiger partial charge < -0.3 is 10.8 Å².